The number of alkyl halides is 3. The largest absolute Gasteiger partial charge is 0.495 e. The monoisotopic (exact) mass is 500 g/mol. The van der Waals surface area contributed by atoms with Crippen LogP contribution < -0.4 is 5.56 Å². The van der Waals surface area contributed by atoms with Crippen LogP contribution in [0.4, 0.5) is 13.2 Å². The molecule has 1 fully saturated rings. The first kappa shape index (κ1) is 23.6. The molecule has 1 aromatic carbocycles. The maximum atomic E-state index is 13.2. The molecule has 2 aliphatic carbocycles. The van der Waals surface area contributed by atoms with E-state index in [0.29, 0.717) is 35.2 Å². The summed E-state index contributed by atoms with van der Waals surface area (Å²) in [6.45, 7) is 0.704. The van der Waals surface area contributed by atoms with Crippen molar-refractivity contribution in [1.29, 1.82) is 0 Å². The van der Waals surface area contributed by atoms with Gasteiger partial charge in [-0.2, -0.15) is 13.2 Å². The number of methoxy groups -OCH3 is 1. The van der Waals surface area contributed by atoms with Crippen LogP contribution in [-0.4, -0.2) is 29.2 Å². The van der Waals surface area contributed by atoms with Gasteiger partial charge in [-0.1, -0.05) is 24.3 Å². The van der Waals surface area contributed by atoms with Gasteiger partial charge in [0.2, 0.25) is 0 Å². The summed E-state index contributed by atoms with van der Waals surface area (Å²) in [7, 11) is 1.64. The second-order valence-electron chi connectivity index (χ2n) is 8.63. The Labute approximate surface area is 203 Å². The van der Waals surface area contributed by atoms with Gasteiger partial charge in [-0.25, -0.2) is 4.98 Å². The molecule has 0 amide bonds. The molecule has 0 spiro atoms. The van der Waals surface area contributed by atoms with E-state index in [9.17, 15) is 18.0 Å². The predicted octanol–water partition coefficient (Wildman–Crippen LogP) is 6.11. The fourth-order valence-electron chi connectivity index (χ4n) is 3.94. The van der Waals surface area contributed by atoms with Crippen molar-refractivity contribution >= 4 is 22.4 Å². The number of aromatic nitrogens is 2. The Morgan fingerprint density at radius 3 is 2.63 bits per heavy atom. The average molecular weight is 501 g/mol. The van der Waals surface area contributed by atoms with Crippen LogP contribution in [0.3, 0.4) is 0 Å². The van der Waals surface area contributed by atoms with Crippen LogP contribution in [0.15, 0.2) is 70.2 Å². The molecule has 0 bridgehead atoms. The van der Waals surface area contributed by atoms with Crippen molar-refractivity contribution in [2.75, 3.05) is 13.7 Å². The van der Waals surface area contributed by atoms with Gasteiger partial charge in [-0.05, 0) is 54.2 Å². The van der Waals surface area contributed by atoms with Gasteiger partial charge in [0.1, 0.15) is 11.9 Å². The Kier molecular flexibility index (Phi) is 6.37. The van der Waals surface area contributed by atoms with Crippen molar-refractivity contribution in [3.63, 3.8) is 0 Å². The maximum absolute atomic E-state index is 13.2. The van der Waals surface area contributed by atoms with Gasteiger partial charge in [0.05, 0.1) is 23.4 Å². The van der Waals surface area contributed by atoms with Gasteiger partial charge in [0.15, 0.2) is 4.96 Å². The van der Waals surface area contributed by atoms with Crippen LogP contribution in [0.5, 0.6) is 0 Å². The molecule has 0 saturated heterocycles. The van der Waals surface area contributed by atoms with Crippen molar-refractivity contribution in [3.05, 3.63) is 87.0 Å². The highest BCUT2D eigenvalue weighted by atomic mass is 32.1. The van der Waals surface area contributed by atoms with E-state index in [0.717, 1.165) is 23.5 Å². The van der Waals surface area contributed by atoms with Crippen molar-refractivity contribution < 1.29 is 22.6 Å². The minimum Gasteiger partial charge on any atom is -0.495 e. The second kappa shape index (κ2) is 9.47. The van der Waals surface area contributed by atoms with Gasteiger partial charge in [0.25, 0.3) is 5.56 Å². The van der Waals surface area contributed by atoms with E-state index in [1.54, 1.807) is 24.8 Å². The molecule has 182 valence electrons. The SMILES string of the molecule is COC1CC(/C=C/c2nc3sccn3c(=O)c2-c2ccc(C(F)(F)F)cc2)=CC=C1OCC1CC1. The molecule has 9 heteroatoms. The van der Waals surface area contributed by atoms with Gasteiger partial charge in [0, 0.05) is 25.1 Å². The summed E-state index contributed by atoms with van der Waals surface area (Å²) in [5.74, 6) is 1.44. The van der Waals surface area contributed by atoms with Crippen molar-refractivity contribution in [3.8, 4) is 11.1 Å². The van der Waals surface area contributed by atoms with E-state index < -0.39 is 11.7 Å². The Morgan fingerprint density at radius 1 is 1.17 bits per heavy atom. The zero-order chi connectivity index (χ0) is 24.6. The minimum absolute atomic E-state index is 0.203. The molecule has 35 heavy (non-hydrogen) atoms. The summed E-state index contributed by atoms with van der Waals surface area (Å²) in [6.07, 6.45) is 7.41. The number of halogens is 3. The molecule has 5 rings (SSSR count). The van der Waals surface area contributed by atoms with E-state index in [1.165, 1.54) is 40.7 Å². The Balaban J connectivity index is 1.48. The Hall–Kier alpha value is -3.17. The van der Waals surface area contributed by atoms with E-state index in [1.807, 2.05) is 18.2 Å². The van der Waals surface area contributed by atoms with E-state index in [-0.39, 0.29) is 17.2 Å². The lowest BCUT2D eigenvalue weighted by Gasteiger charge is -2.23. The number of fused-ring (bicyclic) bond motifs is 1. The summed E-state index contributed by atoms with van der Waals surface area (Å²) in [5.41, 5.74) is 0.869. The van der Waals surface area contributed by atoms with Crippen LogP contribution >= 0.6 is 11.3 Å². The number of hydrogen-bond donors (Lipinski definition) is 0. The van der Waals surface area contributed by atoms with Crippen LogP contribution in [0.25, 0.3) is 22.2 Å². The highest BCUT2D eigenvalue weighted by molar-refractivity contribution is 7.15. The highest BCUT2D eigenvalue weighted by Gasteiger charge is 2.30. The van der Waals surface area contributed by atoms with Gasteiger partial charge in [-0.3, -0.25) is 9.20 Å². The molecule has 0 N–H and O–H groups in total. The third-order valence-corrected chi connectivity index (χ3v) is 6.87. The number of rotatable bonds is 7. The number of thiazole rings is 1. The number of nitrogens with zero attached hydrogens (tertiary/aromatic N) is 2. The first-order chi connectivity index (χ1) is 16.8. The number of hydrogen-bond acceptors (Lipinski definition) is 5. The first-order valence-corrected chi connectivity index (χ1v) is 12.1. The van der Waals surface area contributed by atoms with Gasteiger partial charge < -0.3 is 9.47 Å². The molecule has 5 nitrogen and oxygen atoms in total. The molecule has 2 aromatic heterocycles. The molecular weight excluding hydrogens is 477 g/mol. The van der Waals surface area contributed by atoms with Crippen molar-refractivity contribution in [1.82, 2.24) is 9.38 Å². The van der Waals surface area contributed by atoms with E-state index in [4.69, 9.17) is 9.47 Å². The molecule has 0 radical (unpaired) electrons. The smallest absolute Gasteiger partial charge is 0.416 e. The quantitative estimate of drug-likeness (QED) is 0.393. The standard InChI is InChI=1S/C26H23F3N2O3S/c1-33-22-14-16(5-11-21(22)34-15-17-2-3-17)4-10-20-23(24(32)31-12-13-35-25(31)30-20)18-6-8-19(9-7-18)26(27,28)29/h4-13,17,22H,2-3,14-15H2,1H3/b10-4+. The van der Waals surface area contributed by atoms with E-state index >= 15 is 0 Å². The fourth-order valence-corrected chi connectivity index (χ4v) is 4.65. The van der Waals surface area contributed by atoms with Gasteiger partial charge >= 0.3 is 6.18 Å². The van der Waals surface area contributed by atoms with Crippen LogP contribution in [0.1, 0.15) is 30.5 Å². The molecule has 3 aromatic rings. The number of ether oxygens (including phenoxy) is 2. The lowest BCUT2D eigenvalue weighted by molar-refractivity contribution is -0.137. The normalized spacial score (nSPS) is 18.7. The number of allylic oxidation sites excluding steroid dienone is 3. The zero-order valence-corrected chi connectivity index (χ0v) is 19.7. The molecule has 2 aliphatic rings. The summed E-state index contributed by atoms with van der Waals surface area (Å²) >= 11 is 1.31. The Morgan fingerprint density at radius 2 is 1.94 bits per heavy atom. The van der Waals surface area contributed by atoms with Crippen LogP contribution in [0, 0.1) is 5.92 Å². The molecule has 2 heterocycles. The van der Waals surface area contributed by atoms with Crippen LogP contribution in [-0.2, 0) is 15.7 Å². The number of benzene rings is 1. The summed E-state index contributed by atoms with van der Waals surface area (Å²) in [4.78, 5) is 18.3. The van der Waals surface area contributed by atoms with Crippen molar-refractivity contribution in [2.24, 2.45) is 5.92 Å². The lowest BCUT2D eigenvalue weighted by Crippen LogP contribution is -2.20. The summed E-state index contributed by atoms with van der Waals surface area (Å²) < 4.78 is 52.0. The minimum atomic E-state index is -4.45. The fraction of sp³-hybridized carbons (Fsp3) is 0.308. The lowest BCUT2D eigenvalue weighted by atomic mass is 9.98. The molecule has 0 aliphatic heterocycles. The third-order valence-electron chi connectivity index (χ3n) is 6.12. The second-order valence-corrected chi connectivity index (χ2v) is 9.51. The van der Waals surface area contributed by atoms with Gasteiger partial charge in [-0.15, -0.1) is 11.3 Å². The zero-order valence-electron chi connectivity index (χ0n) is 18.9. The van der Waals surface area contributed by atoms with E-state index in [2.05, 4.69) is 4.98 Å². The summed E-state index contributed by atoms with van der Waals surface area (Å²) in [5, 5.41) is 1.74. The molecule has 1 saturated carbocycles. The molecule has 1 atom stereocenters. The molecule has 1 unspecified atom stereocenters. The van der Waals surface area contributed by atoms with Crippen molar-refractivity contribution in [2.45, 2.75) is 31.5 Å². The first-order valence-electron chi connectivity index (χ1n) is 11.3. The topological polar surface area (TPSA) is 52.8 Å². The maximum Gasteiger partial charge on any atom is 0.416 e. The molecular formula is C26H23F3N2O3S. The summed E-state index contributed by atoms with van der Waals surface area (Å²) in [6, 6.07) is 4.58. The predicted molar refractivity (Wildman–Crippen MR) is 129 cm³/mol. The van der Waals surface area contributed by atoms with Crippen LogP contribution in [0.2, 0.25) is 0 Å². The third kappa shape index (κ3) is 5.11. The Bertz CT molecular complexity index is 1380. The highest BCUT2D eigenvalue weighted by Crippen LogP contribution is 2.33. The average Bonchev–Trinajstić information content (AvgIpc) is 3.55.